The second-order valence-electron chi connectivity index (χ2n) is 8.30. The van der Waals surface area contributed by atoms with Crippen molar-refractivity contribution in [3.05, 3.63) is 60.7 Å². The summed E-state index contributed by atoms with van der Waals surface area (Å²) in [7, 11) is -13.6. The molecule has 20 heteroatoms. The van der Waals surface area contributed by atoms with Gasteiger partial charge in [-0.3, -0.25) is 9.11 Å². The molecule has 0 atom stereocenters. The Morgan fingerprint density at radius 3 is 1.98 bits per heavy atom. The third kappa shape index (κ3) is 8.44. The smallest absolute Gasteiger partial charge is 0.870 e. The summed E-state index contributed by atoms with van der Waals surface area (Å²) >= 11 is 0. The molecular weight excluding hydrogens is 650 g/mol. The van der Waals surface area contributed by atoms with Gasteiger partial charge in [-0.2, -0.15) is 21.9 Å². The number of hydrogen-bond acceptors (Lipinski definition) is 13. The molecule has 0 amide bonds. The summed E-state index contributed by atoms with van der Waals surface area (Å²) in [5, 5.41) is 22.4. The number of nitrogens with two attached hydrogens (primary N) is 1. The molecule has 15 nitrogen and oxygen atoms in total. The fourth-order valence-electron chi connectivity index (χ4n) is 3.74. The van der Waals surface area contributed by atoms with Crippen LogP contribution >= 0.6 is 0 Å². The van der Waals surface area contributed by atoms with Gasteiger partial charge < -0.3 is 25.4 Å². The van der Waals surface area contributed by atoms with Crippen LogP contribution in [0.3, 0.4) is 0 Å². The Kier molecular flexibility index (Phi) is 11.8. The fourth-order valence-corrected chi connectivity index (χ4v) is 5.60. The Morgan fingerprint density at radius 2 is 1.44 bits per heavy atom. The van der Waals surface area contributed by atoms with Crippen molar-refractivity contribution in [2.75, 3.05) is 18.2 Å². The van der Waals surface area contributed by atoms with E-state index >= 15 is 0 Å². The van der Waals surface area contributed by atoms with E-state index in [1.807, 2.05) is 0 Å². The molecule has 5 N–H and O–H groups in total. The normalized spacial score (nSPS) is 12.0. The summed E-state index contributed by atoms with van der Waals surface area (Å²) < 4.78 is 107. The number of rotatable bonds is 8. The molecule has 43 heavy (non-hydrogen) atoms. The number of benzene rings is 4. The predicted molar refractivity (Wildman–Crippen MR) is 142 cm³/mol. The van der Waals surface area contributed by atoms with Gasteiger partial charge in [0.2, 0.25) is 0 Å². The number of nitrogen functional groups attached to an aromatic ring is 1. The SMILES string of the molecule is COc1ccc(Nc2ccc(N=Nc3c(S(=O)(=O)O)cc4cc(S(=O)(=O)[O-])cc(N)c4c3[O-])cc2S(=O)(=O)O)cc1.[Na+].[Na+]. The summed E-state index contributed by atoms with van der Waals surface area (Å²) in [6.07, 6.45) is 0. The van der Waals surface area contributed by atoms with Crippen molar-refractivity contribution < 1.29 is 108 Å². The first-order valence-corrected chi connectivity index (χ1v) is 15.2. The van der Waals surface area contributed by atoms with Gasteiger partial charge in [0.1, 0.15) is 25.7 Å². The summed E-state index contributed by atoms with van der Waals surface area (Å²) in [4.78, 5) is -2.58. The van der Waals surface area contributed by atoms with Gasteiger partial charge in [-0.15, -0.1) is 5.11 Å². The van der Waals surface area contributed by atoms with E-state index < -0.39 is 72.9 Å². The number of ether oxygens (including phenoxy) is 1. The van der Waals surface area contributed by atoms with Crippen molar-refractivity contribution in [1.82, 2.24) is 0 Å². The zero-order valence-corrected chi connectivity index (χ0v) is 29.0. The van der Waals surface area contributed by atoms with Crippen LogP contribution in [0.1, 0.15) is 0 Å². The minimum Gasteiger partial charge on any atom is -0.870 e. The third-order valence-corrected chi connectivity index (χ3v) is 8.15. The van der Waals surface area contributed by atoms with E-state index in [-0.39, 0.29) is 70.5 Å². The molecule has 0 unspecified atom stereocenters. The van der Waals surface area contributed by atoms with Gasteiger partial charge in [-0.1, -0.05) is 5.75 Å². The summed E-state index contributed by atoms with van der Waals surface area (Å²) in [5.74, 6) is -0.659. The van der Waals surface area contributed by atoms with Crippen molar-refractivity contribution in [3.63, 3.8) is 0 Å². The topological polar surface area (TPSA) is 261 Å². The zero-order valence-electron chi connectivity index (χ0n) is 22.5. The molecule has 216 valence electrons. The van der Waals surface area contributed by atoms with Crippen LogP contribution in [0, 0.1) is 0 Å². The van der Waals surface area contributed by atoms with E-state index in [1.54, 1.807) is 24.3 Å². The quantitative estimate of drug-likeness (QED) is 0.0635. The largest absolute Gasteiger partial charge is 1.00 e. The summed E-state index contributed by atoms with van der Waals surface area (Å²) in [6.45, 7) is 0. The van der Waals surface area contributed by atoms with E-state index in [4.69, 9.17) is 10.5 Å². The van der Waals surface area contributed by atoms with Crippen LogP contribution in [0.4, 0.5) is 28.4 Å². The number of fused-ring (bicyclic) bond motifs is 1. The van der Waals surface area contributed by atoms with Crippen LogP contribution in [0.25, 0.3) is 10.8 Å². The third-order valence-electron chi connectivity index (χ3n) is 5.58. The number of azo groups is 1. The van der Waals surface area contributed by atoms with Crippen LogP contribution in [0.2, 0.25) is 0 Å². The molecule has 0 radical (unpaired) electrons. The Bertz CT molecular complexity index is 2060. The van der Waals surface area contributed by atoms with E-state index in [0.717, 1.165) is 6.07 Å². The average Bonchev–Trinajstić information content (AvgIpc) is 2.87. The minimum atomic E-state index is -5.17. The van der Waals surface area contributed by atoms with Crippen LogP contribution in [0.15, 0.2) is 85.6 Å². The molecule has 0 spiro atoms. The molecule has 0 aliphatic heterocycles. The number of hydrogen-bond donors (Lipinski definition) is 4. The first-order chi connectivity index (χ1) is 19.0. The second-order valence-corrected chi connectivity index (χ2v) is 12.5. The van der Waals surface area contributed by atoms with Gasteiger partial charge in [-0.05, 0) is 71.4 Å². The van der Waals surface area contributed by atoms with E-state index in [1.165, 1.54) is 19.2 Å². The molecule has 0 aliphatic rings. The molecule has 0 aliphatic carbocycles. The monoisotopic (exact) mass is 668 g/mol. The Morgan fingerprint density at radius 1 is 0.837 bits per heavy atom. The van der Waals surface area contributed by atoms with E-state index in [0.29, 0.717) is 29.6 Å². The predicted octanol–water partition coefficient (Wildman–Crippen LogP) is -2.93. The van der Waals surface area contributed by atoms with E-state index in [2.05, 4.69) is 15.5 Å². The molecule has 0 saturated heterocycles. The van der Waals surface area contributed by atoms with Crippen molar-refractivity contribution in [3.8, 4) is 11.5 Å². The van der Waals surface area contributed by atoms with Crippen LogP contribution in [-0.4, -0.2) is 46.0 Å². The molecule has 4 rings (SSSR count). The number of methoxy groups -OCH3 is 1. The molecular formula is C23H18N4Na2O11S3. The van der Waals surface area contributed by atoms with Gasteiger partial charge in [0, 0.05) is 11.4 Å². The molecule has 0 bridgehead atoms. The number of anilines is 3. The van der Waals surface area contributed by atoms with Gasteiger partial charge in [0.25, 0.3) is 20.2 Å². The minimum absolute atomic E-state index is 0. The van der Waals surface area contributed by atoms with Gasteiger partial charge in [0.15, 0.2) is 0 Å². The van der Waals surface area contributed by atoms with Crippen molar-refractivity contribution in [2.24, 2.45) is 10.2 Å². The maximum atomic E-state index is 13.1. The maximum Gasteiger partial charge on any atom is 1.00 e. The molecule has 0 fully saturated rings. The first kappa shape index (κ1) is 36.9. The molecule has 0 aromatic heterocycles. The number of nitrogens with one attached hydrogen (secondary N) is 1. The van der Waals surface area contributed by atoms with Crippen LogP contribution in [0.5, 0.6) is 11.5 Å². The molecule has 4 aromatic rings. The Hall–Kier alpha value is -2.33. The maximum absolute atomic E-state index is 13.1. The molecule has 0 heterocycles. The van der Waals surface area contributed by atoms with Gasteiger partial charge in [0.05, 0.1) is 29.1 Å². The van der Waals surface area contributed by atoms with Crippen LogP contribution < -0.4 is 80.0 Å². The standard InChI is InChI=1S/C23H20N4O11S3.2Na/c1-38-15-5-2-13(3-6-15)25-18-7-4-14(10-19(18)40(32,33)34)26-27-22-20(41(35,36)37)9-12-8-16(39(29,30)31)11-17(24)21(12)23(22)28;;/h2-11,25,28H,24H2,1H3,(H,29,30,31)(H,32,33,34)(H,35,36,37);;/q;2*+1/p-2. The van der Waals surface area contributed by atoms with Crippen molar-refractivity contribution >= 4 is 69.6 Å². The Balaban J connectivity index is 0.00000323. The Labute approximate surface area is 290 Å². The van der Waals surface area contributed by atoms with Crippen LogP contribution in [-0.2, 0) is 30.4 Å². The van der Waals surface area contributed by atoms with Gasteiger partial charge in [-0.25, -0.2) is 8.42 Å². The fraction of sp³-hybridized carbons (Fsp3) is 0.0435. The average molecular weight is 669 g/mol. The molecule has 0 saturated carbocycles. The van der Waals surface area contributed by atoms with Crippen molar-refractivity contribution in [2.45, 2.75) is 14.7 Å². The van der Waals surface area contributed by atoms with E-state index in [9.17, 15) is 44.0 Å². The first-order valence-electron chi connectivity index (χ1n) is 10.9. The zero-order chi connectivity index (χ0) is 30.3. The molecule has 4 aromatic carbocycles. The second kappa shape index (κ2) is 13.8. The van der Waals surface area contributed by atoms with Gasteiger partial charge >= 0.3 is 59.1 Å². The summed E-state index contributed by atoms with van der Waals surface area (Å²) in [5.41, 5.74) is 4.41. The summed E-state index contributed by atoms with van der Waals surface area (Å²) in [6, 6.07) is 11.8. The number of nitrogens with zero attached hydrogens (tertiary/aromatic N) is 2. The van der Waals surface area contributed by atoms with Crippen molar-refractivity contribution in [1.29, 1.82) is 0 Å².